The van der Waals surface area contributed by atoms with E-state index in [1.807, 2.05) is 42.5 Å². The van der Waals surface area contributed by atoms with E-state index in [0.717, 1.165) is 17.0 Å². The van der Waals surface area contributed by atoms with Gasteiger partial charge in [-0.3, -0.25) is 0 Å². The molecule has 0 atom stereocenters. The van der Waals surface area contributed by atoms with Crippen molar-refractivity contribution in [1.29, 1.82) is 0 Å². The van der Waals surface area contributed by atoms with Gasteiger partial charge in [0.1, 0.15) is 0 Å². The summed E-state index contributed by atoms with van der Waals surface area (Å²) in [6, 6.07) is 13.3. The third kappa shape index (κ3) is 3.72. The fourth-order valence-corrected chi connectivity index (χ4v) is 1.20. The molecule has 0 spiro atoms. The molecule has 0 amide bonds. The maximum absolute atomic E-state index is 5.65. The zero-order valence-corrected chi connectivity index (χ0v) is 8.54. The Morgan fingerprint density at radius 1 is 1.00 bits per heavy atom. The van der Waals surface area contributed by atoms with E-state index < -0.39 is 0 Å². The normalized spacial score (nSPS) is 8.62. The van der Waals surface area contributed by atoms with Crippen molar-refractivity contribution >= 4 is 24.8 Å². The van der Waals surface area contributed by atoms with Gasteiger partial charge in [0, 0.05) is 0 Å². The molecule has 0 saturated heterocycles. The number of anilines is 2. The van der Waals surface area contributed by atoms with Crippen LogP contribution in [0.3, 0.4) is 0 Å². The van der Waals surface area contributed by atoms with E-state index in [0.29, 0.717) is 0 Å². The molecule has 1 heterocycles. The van der Waals surface area contributed by atoms with Gasteiger partial charge in [-0.05, 0) is 0 Å². The number of aromatic nitrogens is 1. The molecule has 1 aromatic carbocycles. The van der Waals surface area contributed by atoms with Gasteiger partial charge in [0.15, 0.2) is 0 Å². The average molecular weight is 214 g/mol. The van der Waals surface area contributed by atoms with Gasteiger partial charge in [-0.2, -0.15) is 0 Å². The van der Waals surface area contributed by atoms with Crippen molar-refractivity contribution in [3.63, 3.8) is 0 Å². The second kappa shape index (κ2) is 6.60. The van der Waals surface area contributed by atoms with Crippen molar-refractivity contribution in [2.45, 2.75) is 0 Å². The molecule has 0 unspecified atom stereocenters. The summed E-state index contributed by atoms with van der Waals surface area (Å²) in [4.78, 5) is 4.15. The van der Waals surface area contributed by atoms with Crippen LogP contribution in [0.1, 0.15) is 0 Å². The summed E-state index contributed by atoms with van der Waals surface area (Å²) in [6.45, 7) is 0. The summed E-state index contributed by atoms with van der Waals surface area (Å²) in [6.07, 6.45) is 1.74. The fraction of sp³-hybridized carbons (Fsp3) is 0. The van der Waals surface area contributed by atoms with Gasteiger partial charge in [0.05, 0.1) is 0 Å². The van der Waals surface area contributed by atoms with E-state index in [2.05, 4.69) is 10.3 Å². The molecular formula is C11H11BN2O2. The van der Waals surface area contributed by atoms with Crippen LogP contribution in [-0.2, 0) is 0 Å². The minimum Gasteiger partial charge on any atom is -0.870 e. The van der Waals surface area contributed by atoms with Gasteiger partial charge in [-0.25, -0.2) is 0 Å². The Kier molecular flexibility index (Phi) is 5.84. The van der Waals surface area contributed by atoms with Crippen molar-refractivity contribution in [1.82, 2.24) is 4.98 Å². The second-order valence-corrected chi connectivity index (χ2v) is 2.97. The standard InChI is InChI=1S/C11H9BN2.2H2O/c12-9-4-3-5-10(8-9)14-11-6-1-2-7-13-11;;/h1-8H,(H,13,14);2*1H2/q+2;;/p-2. The second-order valence-electron chi connectivity index (χ2n) is 2.97. The molecule has 80 valence electrons. The average Bonchev–Trinajstić information content (AvgIpc) is 2.19. The predicted octanol–water partition coefficient (Wildman–Crippen LogP) is 1.27. The number of rotatable bonds is 2. The minimum atomic E-state index is 0. The number of hydrogen-bond acceptors (Lipinski definition) is 4. The molecule has 0 aliphatic heterocycles. The summed E-state index contributed by atoms with van der Waals surface area (Å²) in [5.74, 6) is 0.818. The first-order chi connectivity index (χ1) is 6.84. The van der Waals surface area contributed by atoms with Crippen LogP contribution in [-0.4, -0.2) is 23.8 Å². The summed E-state index contributed by atoms with van der Waals surface area (Å²) in [5, 5.41) is 3.15. The van der Waals surface area contributed by atoms with Crippen LogP contribution < -0.4 is 10.8 Å². The van der Waals surface area contributed by atoms with Crippen molar-refractivity contribution in [2.24, 2.45) is 0 Å². The zero-order valence-electron chi connectivity index (χ0n) is 8.54. The van der Waals surface area contributed by atoms with Crippen LogP contribution >= 0.6 is 0 Å². The first-order valence-electron chi connectivity index (χ1n) is 4.38. The number of nitrogens with zero attached hydrogens (tertiary/aromatic N) is 1. The molecule has 5 heteroatoms. The number of hydrogen-bond donors (Lipinski definition) is 1. The molecule has 0 fully saturated rings. The van der Waals surface area contributed by atoms with Crippen LogP contribution in [0, 0.1) is 0 Å². The predicted molar refractivity (Wildman–Crippen MR) is 63.2 cm³/mol. The van der Waals surface area contributed by atoms with Crippen molar-refractivity contribution < 1.29 is 11.0 Å². The topological polar surface area (TPSA) is 84.9 Å². The fourth-order valence-electron chi connectivity index (χ4n) is 1.20. The van der Waals surface area contributed by atoms with Gasteiger partial charge in [-0.15, -0.1) is 0 Å². The van der Waals surface area contributed by atoms with E-state index in [4.69, 9.17) is 7.85 Å². The van der Waals surface area contributed by atoms with Crippen LogP contribution in [0.2, 0.25) is 0 Å². The number of benzene rings is 1. The smallest absolute Gasteiger partial charge is 0.870 e. The Morgan fingerprint density at radius 2 is 1.81 bits per heavy atom. The number of pyridine rings is 1. The van der Waals surface area contributed by atoms with Gasteiger partial charge < -0.3 is 11.0 Å². The Balaban J connectivity index is 0.00000112. The van der Waals surface area contributed by atoms with Crippen molar-refractivity contribution in [3.05, 3.63) is 48.7 Å². The SMILES string of the molecule is [B+2]c1cccc(Nc2ccccn2)c1.[OH-].[OH-]. The zero-order chi connectivity index (χ0) is 9.80. The molecule has 4 nitrogen and oxygen atoms in total. The van der Waals surface area contributed by atoms with Gasteiger partial charge in [0.2, 0.25) is 0 Å². The number of nitrogens with one attached hydrogen (secondary N) is 1. The molecular weight excluding hydrogens is 203 g/mol. The van der Waals surface area contributed by atoms with Crippen LogP contribution in [0.25, 0.3) is 0 Å². The summed E-state index contributed by atoms with van der Waals surface area (Å²) < 4.78 is 0. The molecule has 0 aliphatic rings. The Labute approximate surface area is 95.4 Å². The van der Waals surface area contributed by atoms with Crippen LogP contribution in [0.5, 0.6) is 0 Å². The van der Waals surface area contributed by atoms with E-state index in [1.54, 1.807) is 6.20 Å². The van der Waals surface area contributed by atoms with E-state index >= 15 is 0 Å². The third-order valence-electron chi connectivity index (χ3n) is 1.82. The molecule has 0 aliphatic carbocycles. The Bertz CT molecular complexity index is 423. The quantitative estimate of drug-likeness (QED) is 0.762. The monoisotopic (exact) mass is 214 g/mol. The summed E-state index contributed by atoms with van der Waals surface area (Å²) >= 11 is 0. The van der Waals surface area contributed by atoms with E-state index in [9.17, 15) is 0 Å². The molecule has 2 aromatic rings. The van der Waals surface area contributed by atoms with Crippen LogP contribution in [0.15, 0.2) is 48.7 Å². The first-order valence-corrected chi connectivity index (χ1v) is 4.38. The molecule has 0 saturated carbocycles. The Morgan fingerprint density at radius 3 is 2.44 bits per heavy atom. The summed E-state index contributed by atoms with van der Waals surface area (Å²) in [5.41, 5.74) is 1.69. The maximum atomic E-state index is 5.65. The first kappa shape index (κ1) is 14.2. The minimum absolute atomic E-state index is 0. The largest absolute Gasteiger partial charge is 0.870 e. The van der Waals surface area contributed by atoms with Gasteiger partial charge in [0.25, 0.3) is 0 Å². The summed E-state index contributed by atoms with van der Waals surface area (Å²) in [7, 11) is 5.65. The molecule has 0 radical (unpaired) electrons. The van der Waals surface area contributed by atoms with Crippen molar-refractivity contribution in [2.75, 3.05) is 5.32 Å². The molecule has 1 aromatic heterocycles. The molecule has 3 N–H and O–H groups in total. The van der Waals surface area contributed by atoms with Crippen molar-refractivity contribution in [3.8, 4) is 0 Å². The molecule has 2 rings (SSSR count). The molecule has 16 heavy (non-hydrogen) atoms. The Hall–Kier alpha value is -1.85. The van der Waals surface area contributed by atoms with Gasteiger partial charge in [-0.1, -0.05) is 0 Å². The maximum Gasteiger partial charge on any atom is -0.870 e. The third-order valence-corrected chi connectivity index (χ3v) is 1.82. The molecule has 0 bridgehead atoms. The van der Waals surface area contributed by atoms with E-state index in [-0.39, 0.29) is 11.0 Å². The van der Waals surface area contributed by atoms with E-state index in [1.165, 1.54) is 0 Å². The van der Waals surface area contributed by atoms with Crippen LogP contribution in [0.4, 0.5) is 11.5 Å². The van der Waals surface area contributed by atoms with Gasteiger partial charge >= 0.3 is 83.8 Å².